The first-order valence-electron chi connectivity index (χ1n) is 5.12. The molecule has 2 atom stereocenters. The summed E-state index contributed by atoms with van der Waals surface area (Å²) >= 11 is 1.61. The van der Waals surface area contributed by atoms with E-state index in [1.165, 1.54) is 0 Å². The van der Waals surface area contributed by atoms with Gasteiger partial charge in [0.2, 0.25) is 0 Å². The van der Waals surface area contributed by atoms with Crippen molar-refractivity contribution in [2.45, 2.75) is 26.0 Å². The Bertz CT molecular complexity index is 254. The monoisotopic (exact) mass is 230 g/mol. The van der Waals surface area contributed by atoms with Crippen molar-refractivity contribution in [3.8, 4) is 0 Å². The number of rotatable bonds is 7. The summed E-state index contributed by atoms with van der Waals surface area (Å²) in [4.78, 5) is 4.20. The zero-order valence-corrected chi connectivity index (χ0v) is 9.96. The Morgan fingerprint density at radius 3 is 3.07 bits per heavy atom. The Balaban J connectivity index is 2.19. The van der Waals surface area contributed by atoms with Gasteiger partial charge in [0.15, 0.2) is 0 Å². The second kappa shape index (κ2) is 6.90. The molecule has 1 aromatic rings. The minimum Gasteiger partial charge on any atom is -0.389 e. The van der Waals surface area contributed by atoms with Gasteiger partial charge in [0, 0.05) is 24.7 Å². The first-order chi connectivity index (χ1) is 7.24. The molecule has 86 valence electrons. The molecule has 0 saturated heterocycles. The van der Waals surface area contributed by atoms with Crippen LogP contribution in [-0.2, 0) is 4.74 Å². The van der Waals surface area contributed by atoms with Gasteiger partial charge in [0.1, 0.15) is 5.01 Å². The van der Waals surface area contributed by atoms with Crippen LogP contribution < -0.4 is 5.32 Å². The van der Waals surface area contributed by atoms with Gasteiger partial charge in [-0.1, -0.05) is 0 Å². The van der Waals surface area contributed by atoms with Gasteiger partial charge in [0.05, 0.1) is 18.8 Å². The summed E-state index contributed by atoms with van der Waals surface area (Å²) < 4.78 is 5.12. The third-order valence-electron chi connectivity index (χ3n) is 2.00. The van der Waals surface area contributed by atoms with E-state index in [1.807, 2.05) is 19.2 Å². The minimum atomic E-state index is -0.452. The van der Waals surface area contributed by atoms with Crippen molar-refractivity contribution in [2.24, 2.45) is 0 Å². The van der Waals surface area contributed by atoms with Crippen LogP contribution in [0.4, 0.5) is 0 Å². The van der Waals surface area contributed by atoms with Crippen molar-refractivity contribution in [2.75, 3.05) is 19.8 Å². The van der Waals surface area contributed by atoms with E-state index >= 15 is 0 Å². The van der Waals surface area contributed by atoms with Crippen molar-refractivity contribution in [1.29, 1.82) is 0 Å². The third-order valence-corrected chi connectivity index (χ3v) is 2.95. The summed E-state index contributed by atoms with van der Waals surface area (Å²) in [5.41, 5.74) is 0. The standard InChI is InChI=1S/C10H18N2O2S/c1-3-14-7-9(13)6-12-8(2)10-11-4-5-15-10/h4-5,8-9,12-13H,3,6-7H2,1-2H3. The second-order valence-corrected chi connectivity index (χ2v) is 4.24. The van der Waals surface area contributed by atoms with Gasteiger partial charge in [0.25, 0.3) is 0 Å². The normalized spacial score (nSPS) is 15.1. The quantitative estimate of drug-likeness (QED) is 0.739. The third kappa shape index (κ3) is 4.70. The Morgan fingerprint density at radius 1 is 1.67 bits per heavy atom. The summed E-state index contributed by atoms with van der Waals surface area (Å²) in [6, 6.07) is 0.182. The lowest BCUT2D eigenvalue weighted by molar-refractivity contribution is 0.0416. The number of aliphatic hydroxyl groups excluding tert-OH is 1. The number of thiazole rings is 1. The molecule has 0 bridgehead atoms. The van der Waals surface area contributed by atoms with E-state index in [0.29, 0.717) is 19.8 Å². The van der Waals surface area contributed by atoms with Gasteiger partial charge in [-0.15, -0.1) is 11.3 Å². The summed E-state index contributed by atoms with van der Waals surface area (Å²) in [6.45, 7) is 5.50. The average molecular weight is 230 g/mol. The Morgan fingerprint density at radius 2 is 2.47 bits per heavy atom. The zero-order valence-electron chi connectivity index (χ0n) is 9.14. The molecule has 0 spiro atoms. The molecular weight excluding hydrogens is 212 g/mol. The Hall–Kier alpha value is -0.490. The first-order valence-corrected chi connectivity index (χ1v) is 6.00. The molecule has 0 radical (unpaired) electrons. The van der Waals surface area contributed by atoms with Gasteiger partial charge >= 0.3 is 0 Å². The van der Waals surface area contributed by atoms with Gasteiger partial charge in [-0.3, -0.25) is 0 Å². The van der Waals surface area contributed by atoms with Crippen molar-refractivity contribution in [3.63, 3.8) is 0 Å². The lowest BCUT2D eigenvalue weighted by atomic mass is 10.3. The predicted molar refractivity (Wildman–Crippen MR) is 61.0 cm³/mol. The highest BCUT2D eigenvalue weighted by Crippen LogP contribution is 2.14. The SMILES string of the molecule is CCOCC(O)CNC(C)c1nccs1. The molecule has 0 amide bonds. The van der Waals surface area contributed by atoms with Crippen molar-refractivity contribution in [3.05, 3.63) is 16.6 Å². The molecule has 1 rings (SSSR count). The maximum atomic E-state index is 9.52. The summed E-state index contributed by atoms with van der Waals surface area (Å²) in [6.07, 6.45) is 1.33. The lowest BCUT2D eigenvalue weighted by Crippen LogP contribution is -2.32. The van der Waals surface area contributed by atoms with E-state index in [0.717, 1.165) is 5.01 Å². The summed E-state index contributed by atoms with van der Waals surface area (Å²) in [5.74, 6) is 0. The van der Waals surface area contributed by atoms with Crippen LogP contribution in [0.1, 0.15) is 24.9 Å². The van der Waals surface area contributed by atoms with E-state index < -0.39 is 6.10 Å². The van der Waals surface area contributed by atoms with Gasteiger partial charge in [-0.2, -0.15) is 0 Å². The van der Waals surface area contributed by atoms with E-state index in [-0.39, 0.29) is 6.04 Å². The van der Waals surface area contributed by atoms with E-state index in [9.17, 15) is 5.11 Å². The van der Waals surface area contributed by atoms with Crippen LogP contribution in [-0.4, -0.2) is 36.0 Å². The van der Waals surface area contributed by atoms with E-state index in [1.54, 1.807) is 17.5 Å². The predicted octanol–water partition coefficient (Wildman–Crippen LogP) is 1.19. The number of nitrogens with zero attached hydrogens (tertiary/aromatic N) is 1. The van der Waals surface area contributed by atoms with Crippen molar-refractivity contribution in [1.82, 2.24) is 10.3 Å². The highest BCUT2D eigenvalue weighted by atomic mass is 32.1. The van der Waals surface area contributed by atoms with Crippen LogP contribution in [0.3, 0.4) is 0 Å². The average Bonchev–Trinajstić information content (AvgIpc) is 2.76. The lowest BCUT2D eigenvalue weighted by Gasteiger charge is -2.15. The molecule has 4 nitrogen and oxygen atoms in total. The number of aromatic nitrogens is 1. The zero-order chi connectivity index (χ0) is 11.1. The van der Waals surface area contributed by atoms with Crippen molar-refractivity contribution >= 4 is 11.3 Å². The van der Waals surface area contributed by atoms with Crippen LogP contribution in [0, 0.1) is 0 Å². The highest BCUT2D eigenvalue weighted by Gasteiger charge is 2.10. The molecule has 0 aromatic carbocycles. The smallest absolute Gasteiger partial charge is 0.109 e. The molecule has 15 heavy (non-hydrogen) atoms. The van der Waals surface area contributed by atoms with Crippen LogP contribution in [0.15, 0.2) is 11.6 Å². The molecule has 0 fully saturated rings. The molecule has 2 N–H and O–H groups in total. The van der Waals surface area contributed by atoms with Crippen LogP contribution in [0.25, 0.3) is 0 Å². The van der Waals surface area contributed by atoms with Crippen LogP contribution >= 0.6 is 11.3 Å². The highest BCUT2D eigenvalue weighted by molar-refractivity contribution is 7.09. The molecular formula is C10H18N2O2S. The fourth-order valence-corrected chi connectivity index (χ4v) is 1.83. The van der Waals surface area contributed by atoms with Gasteiger partial charge in [-0.05, 0) is 13.8 Å². The molecule has 1 aromatic heterocycles. The number of hydrogen-bond acceptors (Lipinski definition) is 5. The van der Waals surface area contributed by atoms with E-state index in [4.69, 9.17) is 4.74 Å². The van der Waals surface area contributed by atoms with Gasteiger partial charge < -0.3 is 15.2 Å². The Kier molecular flexibility index (Phi) is 5.78. The molecule has 0 aliphatic rings. The molecule has 0 saturated carbocycles. The number of ether oxygens (including phenoxy) is 1. The van der Waals surface area contributed by atoms with Crippen molar-refractivity contribution < 1.29 is 9.84 Å². The maximum absolute atomic E-state index is 9.52. The van der Waals surface area contributed by atoms with E-state index in [2.05, 4.69) is 10.3 Å². The Labute approximate surface area is 94.3 Å². The fraction of sp³-hybridized carbons (Fsp3) is 0.700. The molecule has 2 unspecified atom stereocenters. The largest absolute Gasteiger partial charge is 0.389 e. The van der Waals surface area contributed by atoms with Crippen LogP contribution in [0.2, 0.25) is 0 Å². The summed E-state index contributed by atoms with van der Waals surface area (Å²) in [7, 11) is 0. The number of hydrogen-bond donors (Lipinski definition) is 2. The topological polar surface area (TPSA) is 54.4 Å². The molecule has 1 heterocycles. The molecule has 5 heteroatoms. The fourth-order valence-electron chi connectivity index (χ4n) is 1.16. The van der Waals surface area contributed by atoms with Crippen LogP contribution in [0.5, 0.6) is 0 Å². The minimum absolute atomic E-state index is 0.182. The second-order valence-electron chi connectivity index (χ2n) is 3.31. The first kappa shape index (κ1) is 12.6. The number of aliphatic hydroxyl groups is 1. The number of nitrogens with one attached hydrogen (secondary N) is 1. The maximum Gasteiger partial charge on any atom is 0.109 e. The van der Waals surface area contributed by atoms with Gasteiger partial charge in [-0.25, -0.2) is 4.98 Å². The molecule has 0 aliphatic carbocycles. The summed E-state index contributed by atoms with van der Waals surface area (Å²) in [5, 5.41) is 15.7. The molecule has 0 aliphatic heterocycles.